The first-order chi connectivity index (χ1) is 20.0. The number of aliphatic hydroxyl groups excluding tert-OH is 1. The van der Waals surface area contributed by atoms with Crippen LogP contribution in [0.1, 0.15) is 27.0 Å². The molecule has 10 nitrogen and oxygen atoms in total. The van der Waals surface area contributed by atoms with Gasteiger partial charge in [0, 0.05) is 28.7 Å². The summed E-state index contributed by atoms with van der Waals surface area (Å²) in [6.45, 7) is 2.67. The molecule has 3 aromatic carbocycles. The van der Waals surface area contributed by atoms with Crippen LogP contribution >= 0.6 is 11.6 Å². The molecule has 0 fully saturated rings. The quantitative estimate of drug-likeness (QED) is 0.193. The predicted octanol–water partition coefficient (Wildman–Crippen LogP) is 4.57. The minimum atomic E-state index is -3.93. The molecule has 0 aliphatic carbocycles. The van der Waals surface area contributed by atoms with Crippen LogP contribution in [0.2, 0.25) is 5.02 Å². The molecular formula is C30H28ClN3O7S. The second kappa shape index (κ2) is 13.0. The largest absolute Gasteiger partial charge is 0.488 e. The van der Waals surface area contributed by atoms with Crippen molar-refractivity contribution in [1.82, 2.24) is 10.3 Å². The van der Waals surface area contributed by atoms with E-state index in [1.54, 1.807) is 80.8 Å². The molecule has 0 saturated carbocycles. The minimum absolute atomic E-state index is 0.0489. The van der Waals surface area contributed by atoms with Gasteiger partial charge in [-0.15, -0.1) is 0 Å². The fourth-order valence-corrected chi connectivity index (χ4v) is 5.67. The number of nitrogens with zero attached hydrogens (tertiary/aromatic N) is 1. The third-order valence-electron chi connectivity index (χ3n) is 6.32. The van der Waals surface area contributed by atoms with Gasteiger partial charge in [-0.05, 0) is 78.6 Å². The monoisotopic (exact) mass is 609 g/mol. The molecule has 1 heterocycles. The number of halogens is 1. The van der Waals surface area contributed by atoms with Crippen molar-refractivity contribution in [1.29, 1.82) is 0 Å². The number of carbonyl (C=O) groups excluding carboxylic acids is 1. The maximum Gasteiger partial charge on any atom is 0.328 e. The van der Waals surface area contributed by atoms with Crippen molar-refractivity contribution in [3.63, 3.8) is 0 Å². The smallest absolute Gasteiger partial charge is 0.328 e. The Bertz CT molecular complexity index is 1730. The minimum Gasteiger partial charge on any atom is -0.488 e. The first-order valence-electron chi connectivity index (χ1n) is 12.7. The van der Waals surface area contributed by atoms with Gasteiger partial charge in [0.1, 0.15) is 12.4 Å². The van der Waals surface area contributed by atoms with Gasteiger partial charge in [-0.1, -0.05) is 35.9 Å². The van der Waals surface area contributed by atoms with Crippen LogP contribution in [0.25, 0.3) is 11.1 Å². The zero-order valence-electron chi connectivity index (χ0n) is 22.7. The topological polar surface area (TPSA) is 155 Å². The number of hydrogen-bond acceptors (Lipinski definition) is 7. The molecule has 218 valence electrons. The Kier molecular flexibility index (Phi) is 9.46. The number of aliphatic carboxylic acids is 1. The summed E-state index contributed by atoms with van der Waals surface area (Å²) in [6, 6.07) is 16.5. The molecule has 4 rings (SSSR count). The van der Waals surface area contributed by atoms with Crippen LogP contribution in [0.5, 0.6) is 5.75 Å². The fourth-order valence-electron chi connectivity index (χ4n) is 4.09. The molecule has 1 amide bonds. The molecule has 4 N–H and O–H groups in total. The molecule has 12 heteroatoms. The van der Waals surface area contributed by atoms with Crippen molar-refractivity contribution in [2.24, 2.45) is 0 Å². The zero-order chi connectivity index (χ0) is 30.4. The highest BCUT2D eigenvalue weighted by Gasteiger charge is 2.23. The van der Waals surface area contributed by atoms with Gasteiger partial charge in [0.05, 0.1) is 17.1 Å². The maximum atomic E-state index is 13.2. The standard InChI is InChI=1S/C30H28ClN3O7S/c1-18-12-28(19(2)11-25(18)31)42(39,40)34-23-7-3-6-21(13-23)22-8-9-24(29(36)33-26(16-35)30(37)38)27(14-22)41-17-20-5-4-10-32-15-20/h3-15,26,34-35H,16-17H2,1-2H3,(H,33,36)(H,37,38)/t26-/m0/s1. The predicted molar refractivity (Wildman–Crippen MR) is 158 cm³/mol. The van der Waals surface area contributed by atoms with Crippen molar-refractivity contribution in [2.75, 3.05) is 11.3 Å². The molecule has 1 atom stereocenters. The van der Waals surface area contributed by atoms with Crippen LogP contribution in [-0.2, 0) is 21.4 Å². The van der Waals surface area contributed by atoms with E-state index in [9.17, 15) is 28.2 Å². The summed E-state index contributed by atoms with van der Waals surface area (Å²) in [6.07, 6.45) is 3.22. The lowest BCUT2D eigenvalue weighted by Crippen LogP contribution is -2.43. The SMILES string of the molecule is Cc1cc(S(=O)(=O)Nc2cccc(-c3ccc(C(=O)N[C@@H](CO)C(=O)O)c(OCc4cccnc4)c3)c2)c(C)cc1Cl. The number of anilines is 1. The second-order valence-corrected chi connectivity index (χ2v) is 11.5. The van der Waals surface area contributed by atoms with Crippen LogP contribution in [0.3, 0.4) is 0 Å². The highest BCUT2D eigenvalue weighted by atomic mass is 35.5. The van der Waals surface area contributed by atoms with E-state index in [4.69, 9.17) is 16.3 Å². The highest BCUT2D eigenvalue weighted by molar-refractivity contribution is 7.92. The Hall–Kier alpha value is -4.45. The molecule has 0 saturated heterocycles. The number of aliphatic hydroxyl groups is 1. The Morgan fingerprint density at radius 3 is 2.45 bits per heavy atom. The molecule has 0 aliphatic rings. The van der Waals surface area contributed by atoms with Crippen molar-refractivity contribution >= 4 is 39.2 Å². The van der Waals surface area contributed by atoms with Crippen LogP contribution < -0.4 is 14.8 Å². The lowest BCUT2D eigenvalue weighted by atomic mass is 10.0. The van der Waals surface area contributed by atoms with Gasteiger partial charge in [0.15, 0.2) is 6.04 Å². The number of nitrogens with one attached hydrogen (secondary N) is 2. The van der Waals surface area contributed by atoms with Crippen LogP contribution in [0, 0.1) is 13.8 Å². The van der Waals surface area contributed by atoms with Crippen LogP contribution in [-0.4, -0.2) is 48.1 Å². The van der Waals surface area contributed by atoms with Crippen LogP contribution in [0.15, 0.2) is 84.0 Å². The van der Waals surface area contributed by atoms with E-state index in [2.05, 4.69) is 15.0 Å². The Morgan fingerprint density at radius 2 is 1.76 bits per heavy atom. The lowest BCUT2D eigenvalue weighted by molar-refractivity contribution is -0.140. The molecule has 0 radical (unpaired) electrons. The third kappa shape index (κ3) is 7.24. The number of pyridine rings is 1. The summed E-state index contributed by atoms with van der Waals surface area (Å²) in [7, 11) is -3.93. The van der Waals surface area contributed by atoms with Gasteiger partial charge >= 0.3 is 5.97 Å². The van der Waals surface area contributed by atoms with E-state index in [-0.39, 0.29) is 22.8 Å². The number of amides is 1. The van der Waals surface area contributed by atoms with Crippen molar-refractivity contribution in [2.45, 2.75) is 31.4 Å². The number of carbonyl (C=O) groups is 2. The molecule has 0 aliphatic heterocycles. The molecule has 0 unspecified atom stereocenters. The average Bonchev–Trinajstić information content (AvgIpc) is 2.96. The van der Waals surface area contributed by atoms with Crippen LogP contribution in [0.4, 0.5) is 5.69 Å². The van der Waals surface area contributed by atoms with E-state index in [1.807, 2.05) is 0 Å². The number of rotatable bonds is 11. The Balaban J connectivity index is 1.66. The second-order valence-electron chi connectivity index (χ2n) is 9.46. The lowest BCUT2D eigenvalue weighted by Gasteiger charge is -2.16. The van der Waals surface area contributed by atoms with E-state index in [0.29, 0.717) is 33.0 Å². The first kappa shape index (κ1) is 30.5. The van der Waals surface area contributed by atoms with E-state index in [0.717, 1.165) is 5.56 Å². The van der Waals surface area contributed by atoms with Gasteiger partial charge in [0.25, 0.3) is 15.9 Å². The maximum absolute atomic E-state index is 13.2. The summed E-state index contributed by atoms with van der Waals surface area (Å²) in [4.78, 5) is 28.4. The van der Waals surface area contributed by atoms with E-state index in [1.165, 1.54) is 12.1 Å². The van der Waals surface area contributed by atoms with Gasteiger partial charge in [-0.2, -0.15) is 0 Å². The molecule has 42 heavy (non-hydrogen) atoms. The number of ether oxygens (including phenoxy) is 1. The molecule has 0 spiro atoms. The van der Waals surface area contributed by atoms with Gasteiger partial charge < -0.3 is 20.3 Å². The summed E-state index contributed by atoms with van der Waals surface area (Å²) < 4.78 is 35.0. The summed E-state index contributed by atoms with van der Waals surface area (Å²) >= 11 is 6.14. The summed E-state index contributed by atoms with van der Waals surface area (Å²) in [5.74, 6) is -1.99. The number of benzene rings is 3. The first-order valence-corrected chi connectivity index (χ1v) is 14.5. The Morgan fingerprint density at radius 1 is 1.00 bits per heavy atom. The number of hydrogen-bond donors (Lipinski definition) is 4. The molecule has 0 bridgehead atoms. The van der Waals surface area contributed by atoms with Gasteiger partial charge in [-0.3, -0.25) is 14.5 Å². The number of sulfonamides is 1. The number of carboxylic acid groups (broad SMARTS) is 1. The zero-order valence-corrected chi connectivity index (χ0v) is 24.2. The molecule has 4 aromatic rings. The summed E-state index contributed by atoms with van der Waals surface area (Å²) in [5, 5.41) is 21.3. The fraction of sp³-hybridized carbons (Fsp3) is 0.167. The van der Waals surface area contributed by atoms with Gasteiger partial charge in [0.2, 0.25) is 0 Å². The van der Waals surface area contributed by atoms with Crippen molar-refractivity contribution in [3.8, 4) is 16.9 Å². The molecule has 1 aromatic heterocycles. The van der Waals surface area contributed by atoms with Gasteiger partial charge in [-0.25, -0.2) is 13.2 Å². The third-order valence-corrected chi connectivity index (χ3v) is 8.25. The average molecular weight is 610 g/mol. The molecular weight excluding hydrogens is 582 g/mol. The highest BCUT2D eigenvalue weighted by Crippen LogP contribution is 2.31. The number of aryl methyl sites for hydroxylation is 2. The number of aromatic nitrogens is 1. The van der Waals surface area contributed by atoms with Crippen molar-refractivity contribution in [3.05, 3.63) is 106 Å². The number of carboxylic acids is 1. The Labute approximate surface area is 248 Å². The van der Waals surface area contributed by atoms with E-state index >= 15 is 0 Å². The van der Waals surface area contributed by atoms with E-state index < -0.39 is 34.5 Å². The van der Waals surface area contributed by atoms with Crippen molar-refractivity contribution < 1.29 is 33.0 Å². The normalized spacial score (nSPS) is 11.9. The summed E-state index contributed by atoms with van der Waals surface area (Å²) in [5.41, 5.74) is 3.45.